The number of hydrogen-bond donors (Lipinski definition) is 2. The smallest absolute Gasteiger partial charge is 0.0164 e. The highest BCUT2D eigenvalue weighted by Gasteiger charge is 2.15. The third-order valence-corrected chi connectivity index (χ3v) is 5.65. The SMILES string of the molecule is CC(CNC1CCCCC1)NCCC(c1ccccc1)c1ccccc1. The minimum atomic E-state index is 0.461. The molecule has 1 fully saturated rings. The maximum absolute atomic E-state index is 3.76. The normalized spacial score (nSPS) is 16.7. The van der Waals surface area contributed by atoms with Crippen molar-refractivity contribution in [2.45, 2.75) is 63.5 Å². The van der Waals surface area contributed by atoms with Gasteiger partial charge in [-0.25, -0.2) is 0 Å². The van der Waals surface area contributed by atoms with E-state index in [0.29, 0.717) is 12.0 Å². The Labute approximate surface area is 159 Å². The molecule has 0 spiro atoms. The van der Waals surface area contributed by atoms with Crippen LogP contribution in [0.15, 0.2) is 60.7 Å². The van der Waals surface area contributed by atoms with Crippen LogP contribution in [-0.4, -0.2) is 25.2 Å². The van der Waals surface area contributed by atoms with Crippen LogP contribution in [0.25, 0.3) is 0 Å². The highest BCUT2D eigenvalue weighted by atomic mass is 15.0. The molecule has 3 rings (SSSR count). The van der Waals surface area contributed by atoms with Crippen molar-refractivity contribution in [1.29, 1.82) is 0 Å². The molecule has 1 aliphatic rings. The molecule has 26 heavy (non-hydrogen) atoms. The van der Waals surface area contributed by atoms with E-state index in [0.717, 1.165) is 25.6 Å². The molecule has 2 N–H and O–H groups in total. The Morgan fingerprint density at radius 3 is 2.00 bits per heavy atom. The van der Waals surface area contributed by atoms with E-state index >= 15 is 0 Å². The van der Waals surface area contributed by atoms with Crippen LogP contribution in [0.4, 0.5) is 0 Å². The molecule has 0 heterocycles. The van der Waals surface area contributed by atoms with E-state index in [2.05, 4.69) is 78.2 Å². The van der Waals surface area contributed by atoms with Gasteiger partial charge in [-0.1, -0.05) is 79.9 Å². The van der Waals surface area contributed by atoms with Gasteiger partial charge < -0.3 is 10.6 Å². The molecule has 140 valence electrons. The summed E-state index contributed by atoms with van der Waals surface area (Å²) in [5.41, 5.74) is 2.82. The van der Waals surface area contributed by atoms with Gasteiger partial charge in [-0.2, -0.15) is 0 Å². The van der Waals surface area contributed by atoms with Gasteiger partial charge in [0.2, 0.25) is 0 Å². The first kappa shape index (κ1) is 19.1. The molecule has 2 aromatic carbocycles. The van der Waals surface area contributed by atoms with Gasteiger partial charge in [0.15, 0.2) is 0 Å². The van der Waals surface area contributed by atoms with E-state index in [1.54, 1.807) is 0 Å². The predicted octanol–water partition coefficient (Wildman–Crippen LogP) is 5.11. The minimum Gasteiger partial charge on any atom is -0.313 e. The van der Waals surface area contributed by atoms with Crippen molar-refractivity contribution in [3.8, 4) is 0 Å². The third-order valence-electron chi connectivity index (χ3n) is 5.65. The van der Waals surface area contributed by atoms with E-state index in [-0.39, 0.29) is 0 Å². The van der Waals surface area contributed by atoms with Crippen molar-refractivity contribution >= 4 is 0 Å². The molecule has 0 aromatic heterocycles. The van der Waals surface area contributed by atoms with Gasteiger partial charge in [0.25, 0.3) is 0 Å². The molecule has 1 aliphatic carbocycles. The second-order valence-electron chi connectivity index (χ2n) is 7.76. The largest absolute Gasteiger partial charge is 0.313 e. The Hall–Kier alpha value is -1.64. The van der Waals surface area contributed by atoms with E-state index in [1.807, 2.05) is 0 Å². The van der Waals surface area contributed by atoms with Gasteiger partial charge in [-0.3, -0.25) is 0 Å². The average molecular weight is 351 g/mol. The zero-order valence-corrected chi connectivity index (χ0v) is 16.2. The summed E-state index contributed by atoms with van der Waals surface area (Å²) in [6.45, 7) is 4.42. The Balaban J connectivity index is 1.48. The molecule has 0 radical (unpaired) electrons. The zero-order chi connectivity index (χ0) is 18.0. The average Bonchev–Trinajstić information content (AvgIpc) is 2.72. The molecule has 2 nitrogen and oxygen atoms in total. The fourth-order valence-electron chi connectivity index (χ4n) is 4.09. The number of nitrogens with one attached hydrogen (secondary N) is 2. The lowest BCUT2D eigenvalue weighted by Crippen LogP contribution is -2.42. The topological polar surface area (TPSA) is 24.1 Å². The lowest BCUT2D eigenvalue weighted by Gasteiger charge is -2.25. The van der Waals surface area contributed by atoms with Crippen LogP contribution < -0.4 is 10.6 Å². The summed E-state index contributed by atoms with van der Waals surface area (Å²) in [6.07, 6.45) is 8.06. The molecule has 0 aliphatic heterocycles. The van der Waals surface area contributed by atoms with Gasteiger partial charge in [-0.05, 0) is 43.9 Å². The standard InChI is InChI=1S/C24H34N2/c1-20(19-26-23-15-9-4-10-16-23)25-18-17-24(21-11-5-2-6-12-21)22-13-7-3-8-14-22/h2-3,5-8,11-14,20,23-26H,4,9-10,15-19H2,1H3. The first-order valence-electron chi connectivity index (χ1n) is 10.4. The van der Waals surface area contributed by atoms with Crippen molar-refractivity contribution in [3.63, 3.8) is 0 Å². The van der Waals surface area contributed by atoms with E-state index < -0.39 is 0 Å². The summed E-state index contributed by atoms with van der Waals surface area (Å²) in [6, 6.07) is 23.1. The molecule has 2 heteroatoms. The molecule has 1 unspecified atom stereocenters. The number of rotatable bonds is 9. The molecule has 1 atom stereocenters. The second kappa shape index (κ2) is 10.5. The van der Waals surface area contributed by atoms with Crippen LogP contribution in [0.3, 0.4) is 0 Å². The van der Waals surface area contributed by atoms with Crippen LogP contribution in [0, 0.1) is 0 Å². The summed E-state index contributed by atoms with van der Waals surface area (Å²) in [5, 5.41) is 7.49. The lowest BCUT2D eigenvalue weighted by molar-refractivity contribution is 0.355. The van der Waals surface area contributed by atoms with Crippen molar-refractivity contribution in [2.24, 2.45) is 0 Å². The third kappa shape index (κ3) is 5.96. The highest BCUT2D eigenvalue weighted by molar-refractivity contribution is 5.32. The molecule has 0 saturated heterocycles. The molecule has 0 bridgehead atoms. The number of hydrogen-bond acceptors (Lipinski definition) is 2. The maximum atomic E-state index is 3.76. The van der Waals surface area contributed by atoms with Gasteiger partial charge in [0, 0.05) is 24.5 Å². The summed E-state index contributed by atoms with van der Waals surface area (Å²) in [5.74, 6) is 0.461. The van der Waals surface area contributed by atoms with Crippen molar-refractivity contribution in [2.75, 3.05) is 13.1 Å². The van der Waals surface area contributed by atoms with Gasteiger partial charge in [0.1, 0.15) is 0 Å². The maximum Gasteiger partial charge on any atom is 0.0164 e. The lowest BCUT2D eigenvalue weighted by atomic mass is 9.88. The van der Waals surface area contributed by atoms with E-state index in [1.165, 1.54) is 43.2 Å². The monoisotopic (exact) mass is 350 g/mol. The Kier molecular flexibility index (Phi) is 7.72. The van der Waals surface area contributed by atoms with Crippen molar-refractivity contribution in [1.82, 2.24) is 10.6 Å². The molecule has 1 saturated carbocycles. The van der Waals surface area contributed by atoms with Crippen LogP contribution in [0.5, 0.6) is 0 Å². The minimum absolute atomic E-state index is 0.461. The van der Waals surface area contributed by atoms with Crippen LogP contribution >= 0.6 is 0 Å². The van der Waals surface area contributed by atoms with Gasteiger partial charge in [0.05, 0.1) is 0 Å². The molecular formula is C24H34N2. The fraction of sp³-hybridized carbons (Fsp3) is 0.500. The van der Waals surface area contributed by atoms with Crippen molar-refractivity contribution in [3.05, 3.63) is 71.8 Å². The summed E-state index contributed by atoms with van der Waals surface area (Å²) in [4.78, 5) is 0. The second-order valence-corrected chi connectivity index (χ2v) is 7.76. The Bertz CT molecular complexity index is 565. The summed E-state index contributed by atoms with van der Waals surface area (Å²) < 4.78 is 0. The van der Waals surface area contributed by atoms with Crippen LogP contribution in [0.1, 0.15) is 62.5 Å². The molecule has 2 aromatic rings. The fourth-order valence-corrected chi connectivity index (χ4v) is 4.09. The summed E-state index contributed by atoms with van der Waals surface area (Å²) in [7, 11) is 0. The first-order valence-corrected chi connectivity index (χ1v) is 10.4. The molecular weight excluding hydrogens is 316 g/mol. The number of benzene rings is 2. The first-order chi connectivity index (χ1) is 12.8. The van der Waals surface area contributed by atoms with Gasteiger partial charge in [-0.15, -0.1) is 0 Å². The van der Waals surface area contributed by atoms with Crippen LogP contribution in [-0.2, 0) is 0 Å². The molecule has 0 amide bonds. The van der Waals surface area contributed by atoms with Crippen molar-refractivity contribution < 1.29 is 0 Å². The summed E-state index contributed by atoms with van der Waals surface area (Å²) >= 11 is 0. The van der Waals surface area contributed by atoms with Gasteiger partial charge >= 0.3 is 0 Å². The quantitative estimate of drug-likeness (QED) is 0.657. The van der Waals surface area contributed by atoms with E-state index in [4.69, 9.17) is 0 Å². The Morgan fingerprint density at radius 1 is 0.846 bits per heavy atom. The van der Waals surface area contributed by atoms with E-state index in [9.17, 15) is 0 Å². The predicted molar refractivity (Wildman–Crippen MR) is 112 cm³/mol. The Morgan fingerprint density at radius 2 is 1.42 bits per heavy atom. The zero-order valence-electron chi connectivity index (χ0n) is 16.2. The van der Waals surface area contributed by atoms with Crippen LogP contribution in [0.2, 0.25) is 0 Å². The highest BCUT2D eigenvalue weighted by Crippen LogP contribution is 2.27.